The highest BCUT2D eigenvalue weighted by Gasteiger charge is 2.21. The fourth-order valence-corrected chi connectivity index (χ4v) is 3.70. The molecule has 6 heteroatoms. The second-order valence-electron chi connectivity index (χ2n) is 7.79. The summed E-state index contributed by atoms with van der Waals surface area (Å²) in [5.41, 5.74) is 6.58. The highest BCUT2D eigenvalue weighted by atomic mass is 19.1. The minimum Gasteiger partial charge on any atom is -0.374 e. The molecule has 1 unspecified atom stereocenters. The van der Waals surface area contributed by atoms with Crippen LogP contribution in [0.25, 0.3) is 0 Å². The number of halogens is 1. The molecule has 8 bridgehead atoms. The first-order valence-corrected chi connectivity index (χ1v) is 10.7. The van der Waals surface area contributed by atoms with Crippen LogP contribution in [0.4, 0.5) is 4.39 Å². The zero-order valence-electron chi connectivity index (χ0n) is 18.8. The summed E-state index contributed by atoms with van der Waals surface area (Å²) in [6, 6.07) is 0.303. The molecular formula is C26H23FN4O. The van der Waals surface area contributed by atoms with Crippen LogP contribution in [0, 0.1) is 0 Å². The minimum atomic E-state index is -0.357. The molecule has 0 spiro atoms. The van der Waals surface area contributed by atoms with Crippen molar-refractivity contribution in [3.63, 3.8) is 0 Å². The number of rotatable bonds is 6. The maximum absolute atomic E-state index is 12.4. The molecule has 0 saturated heterocycles. The summed E-state index contributed by atoms with van der Waals surface area (Å²) in [6.45, 7) is 1.98. The van der Waals surface area contributed by atoms with Crippen molar-refractivity contribution in [2.75, 3.05) is 13.3 Å². The molecule has 5 heterocycles. The van der Waals surface area contributed by atoms with E-state index in [-0.39, 0.29) is 12.8 Å². The first kappa shape index (κ1) is 19.2. The summed E-state index contributed by atoms with van der Waals surface area (Å²) in [5, 5.41) is 0. The fraction of sp³-hybridized carbons (Fsp3) is 0.231. The molecule has 32 heavy (non-hydrogen) atoms. The standard InChI is InChI=1S/C26H23FN4O/c1-17(32-11-3-2-10-27)25-15-24-14-22-7-6-20(29-22)12-18-4-5-19(28-18)13-21-8-9-23(30-21)16-26(25)31-24/h4-9,12-17H,2-3,10-11H2,1H3/i15D. The van der Waals surface area contributed by atoms with Gasteiger partial charge in [-0.05, 0) is 86.6 Å². The lowest BCUT2D eigenvalue weighted by Crippen LogP contribution is -2.13. The van der Waals surface area contributed by atoms with Gasteiger partial charge in [-0.1, -0.05) is 0 Å². The van der Waals surface area contributed by atoms with E-state index in [4.69, 9.17) is 11.1 Å². The molecule has 5 rings (SSSR count). The number of allylic oxidation sites excluding steroid dienone is 11. The molecule has 0 radical (unpaired) electrons. The van der Waals surface area contributed by atoms with Crippen molar-refractivity contribution < 1.29 is 10.5 Å². The van der Waals surface area contributed by atoms with Crippen molar-refractivity contribution in [1.29, 1.82) is 0 Å². The van der Waals surface area contributed by atoms with Gasteiger partial charge < -0.3 is 4.74 Å². The average Bonchev–Trinajstić information content (AvgIpc) is 3.57. The molecule has 0 fully saturated rings. The van der Waals surface area contributed by atoms with Crippen molar-refractivity contribution in [1.82, 2.24) is 0 Å². The van der Waals surface area contributed by atoms with Gasteiger partial charge in [-0.3, -0.25) is 4.39 Å². The van der Waals surface area contributed by atoms with Gasteiger partial charge in [-0.2, -0.15) is 0 Å². The lowest BCUT2D eigenvalue weighted by molar-refractivity contribution is 0.0872. The molecule has 0 aromatic heterocycles. The topological polar surface area (TPSA) is 58.7 Å². The molecule has 160 valence electrons. The molecule has 0 aromatic carbocycles. The van der Waals surface area contributed by atoms with E-state index in [1.807, 2.05) is 67.7 Å². The molecule has 5 aliphatic heterocycles. The van der Waals surface area contributed by atoms with Gasteiger partial charge in [0.05, 0.1) is 59.8 Å². The Labute approximate surface area is 188 Å². The minimum absolute atomic E-state index is 0.303. The summed E-state index contributed by atoms with van der Waals surface area (Å²) in [5.74, 6) is 0. The molecule has 0 aliphatic carbocycles. The van der Waals surface area contributed by atoms with E-state index >= 15 is 0 Å². The molecule has 0 amide bonds. The van der Waals surface area contributed by atoms with E-state index in [1.165, 1.54) is 0 Å². The maximum atomic E-state index is 12.4. The largest absolute Gasteiger partial charge is 0.374 e. The predicted molar refractivity (Wildman–Crippen MR) is 128 cm³/mol. The van der Waals surface area contributed by atoms with E-state index in [0.717, 1.165) is 34.2 Å². The van der Waals surface area contributed by atoms with Gasteiger partial charge >= 0.3 is 0 Å². The van der Waals surface area contributed by atoms with Crippen LogP contribution in [-0.4, -0.2) is 42.2 Å². The van der Waals surface area contributed by atoms with Crippen LogP contribution in [0.5, 0.6) is 0 Å². The monoisotopic (exact) mass is 427 g/mol. The third-order valence-electron chi connectivity index (χ3n) is 5.29. The van der Waals surface area contributed by atoms with Crippen LogP contribution in [0.2, 0.25) is 0 Å². The van der Waals surface area contributed by atoms with Crippen LogP contribution in [0.3, 0.4) is 0 Å². The number of ether oxygens (including phenoxy) is 1. The third-order valence-corrected chi connectivity index (χ3v) is 5.29. The Morgan fingerprint density at radius 2 is 1.34 bits per heavy atom. The van der Waals surface area contributed by atoms with Crippen molar-refractivity contribution in [3.05, 3.63) is 95.2 Å². The number of hydrogen-bond acceptors (Lipinski definition) is 5. The molecular weight excluding hydrogens is 403 g/mol. The lowest BCUT2D eigenvalue weighted by atomic mass is 10.1. The van der Waals surface area contributed by atoms with Gasteiger partial charge in [0.25, 0.3) is 0 Å². The molecule has 0 aromatic rings. The van der Waals surface area contributed by atoms with Gasteiger partial charge in [0.15, 0.2) is 0 Å². The third kappa shape index (κ3) is 4.55. The molecule has 0 saturated carbocycles. The SMILES string of the molecule is [2H]C1=C(C(C)OCCCCF)C2=CC3=NC(=CC4=NC(=CC5=NC(=CC1=N2)C=C5)C=C4)C=C3. The zero-order valence-corrected chi connectivity index (χ0v) is 17.8. The number of fused-ring (bicyclic) bond motifs is 4. The number of alkyl halides is 1. The Hall–Kier alpha value is -3.51. The first-order valence-electron chi connectivity index (χ1n) is 11.2. The molecule has 5 aliphatic rings. The molecule has 5 nitrogen and oxygen atoms in total. The van der Waals surface area contributed by atoms with Crippen LogP contribution in [-0.2, 0) is 4.74 Å². The van der Waals surface area contributed by atoms with Crippen LogP contribution in [0.1, 0.15) is 21.1 Å². The summed E-state index contributed by atoms with van der Waals surface area (Å²) in [6.07, 6.45) is 19.9. The van der Waals surface area contributed by atoms with Crippen molar-refractivity contribution >= 4 is 22.8 Å². The van der Waals surface area contributed by atoms with Crippen molar-refractivity contribution in [2.45, 2.75) is 25.9 Å². The van der Waals surface area contributed by atoms with Gasteiger partial charge in [-0.25, -0.2) is 20.0 Å². The Balaban J connectivity index is 1.55. The Kier molecular flexibility index (Phi) is 5.35. The van der Waals surface area contributed by atoms with E-state index in [1.54, 1.807) is 0 Å². The van der Waals surface area contributed by atoms with Crippen molar-refractivity contribution in [2.24, 2.45) is 20.0 Å². The summed E-state index contributed by atoms with van der Waals surface area (Å²) < 4.78 is 27.1. The highest BCUT2D eigenvalue weighted by Crippen LogP contribution is 2.27. The fourth-order valence-electron chi connectivity index (χ4n) is 3.70. The van der Waals surface area contributed by atoms with Crippen LogP contribution < -0.4 is 0 Å². The predicted octanol–water partition coefficient (Wildman–Crippen LogP) is 5.10. The van der Waals surface area contributed by atoms with Crippen LogP contribution >= 0.6 is 0 Å². The van der Waals surface area contributed by atoms with Gasteiger partial charge in [0.2, 0.25) is 0 Å². The quantitative estimate of drug-likeness (QED) is 0.544. The smallest absolute Gasteiger partial charge is 0.0895 e. The van der Waals surface area contributed by atoms with E-state index in [2.05, 4.69) is 15.0 Å². The van der Waals surface area contributed by atoms with Crippen molar-refractivity contribution in [3.8, 4) is 0 Å². The zero-order chi connectivity index (χ0) is 22.8. The highest BCUT2D eigenvalue weighted by molar-refractivity contribution is 6.15. The number of hydrogen-bond donors (Lipinski definition) is 0. The van der Waals surface area contributed by atoms with Gasteiger partial charge in [0.1, 0.15) is 0 Å². The average molecular weight is 428 g/mol. The number of unbranched alkanes of at least 4 members (excludes halogenated alkanes) is 1. The van der Waals surface area contributed by atoms with E-state index in [0.29, 0.717) is 42.5 Å². The molecule has 1 atom stereocenters. The normalized spacial score (nSPS) is 22.1. The number of nitrogens with zero attached hydrogens (tertiary/aromatic N) is 4. The molecule has 0 N–H and O–H groups in total. The van der Waals surface area contributed by atoms with Crippen LogP contribution in [0.15, 0.2) is 115 Å². The second kappa shape index (κ2) is 8.93. The summed E-state index contributed by atoms with van der Waals surface area (Å²) in [7, 11) is 0. The first-order chi connectivity index (χ1) is 16.1. The summed E-state index contributed by atoms with van der Waals surface area (Å²) in [4.78, 5) is 18.6. The Bertz CT molecular complexity index is 1260. The second-order valence-corrected chi connectivity index (χ2v) is 7.79. The van der Waals surface area contributed by atoms with E-state index in [9.17, 15) is 4.39 Å². The summed E-state index contributed by atoms with van der Waals surface area (Å²) >= 11 is 0. The van der Waals surface area contributed by atoms with Gasteiger partial charge in [0, 0.05) is 12.2 Å². The number of aliphatic imine (C=N–C) groups is 4. The van der Waals surface area contributed by atoms with E-state index < -0.39 is 0 Å². The Morgan fingerprint density at radius 3 is 1.94 bits per heavy atom. The Morgan fingerprint density at radius 1 is 0.781 bits per heavy atom. The van der Waals surface area contributed by atoms with Gasteiger partial charge in [-0.15, -0.1) is 0 Å². The maximum Gasteiger partial charge on any atom is 0.0895 e. The lowest BCUT2D eigenvalue weighted by Gasteiger charge is -2.15.